The summed E-state index contributed by atoms with van der Waals surface area (Å²) in [6.45, 7) is 2.72. The lowest BCUT2D eigenvalue weighted by Gasteiger charge is -2.41. The van der Waals surface area contributed by atoms with Crippen LogP contribution in [0.3, 0.4) is 0 Å². The first-order valence-electron chi connectivity index (χ1n) is 6.53. The molecule has 3 amide bonds. The Balaban J connectivity index is 2.31. The van der Waals surface area contributed by atoms with Gasteiger partial charge in [-0.25, -0.2) is 8.42 Å². The predicted molar refractivity (Wildman–Crippen MR) is 70.4 cm³/mol. The Kier molecular flexibility index (Phi) is 3.62. The van der Waals surface area contributed by atoms with Crippen molar-refractivity contribution in [2.45, 2.75) is 43.9 Å². The van der Waals surface area contributed by atoms with Crippen LogP contribution < -0.4 is 5.32 Å². The van der Waals surface area contributed by atoms with Crippen LogP contribution in [0.4, 0.5) is 0 Å². The van der Waals surface area contributed by atoms with Crippen molar-refractivity contribution in [1.82, 2.24) is 10.2 Å². The Morgan fingerprint density at radius 3 is 2.55 bits per heavy atom. The molecule has 112 valence electrons. The fraction of sp³-hybridized carbons (Fsp3) is 0.750. The van der Waals surface area contributed by atoms with Crippen LogP contribution in [0, 0.1) is 0 Å². The van der Waals surface area contributed by atoms with Gasteiger partial charge in [-0.15, -0.1) is 0 Å². The van der Waals surface area contributed by atoms with Gasteiger partial charge in [-0.3, -0.25) is 19.7 Å². The Bertz CT molecular complexity index is 566. The highest BCUT2D eigenvalue weighted by Crippen LogP contribution is 2.26. The molecule has 0 aromatic carbocycles. The lowest BCUT2D eigenvalue weighted by molar-refractivity contribution is -0.155. The molecule has 0 aliphatic carbocycles. The molecule has 0 saturated carbocycles. The number of nitrogens with zero attached hydrogens (tertiary/aromatic N) is 1. The van der Waals surface area contributed by atoms with Gasteiger partial charge in [0.25, 0.3) is 5.91 Å². The van der Waals surface area contributed by atoms with Crippen LogP contribution in [0.25, 0.3) is 0 Å². The Morgan fingerprint density at radius 2 is 1.95 bits per heavy atom. The van der Waals surface area contributed by atoms with E-state index in [1.165, 1.54) is 13.8 Å². The summed E-state index contributed by atoms with van der Waals surface area (Å²) in [5, 5.41) is 1.03. The number of carbonyl (C=O) groups excluding carboxylic acids is 3. The molecule has 1 N–H and O–H groups in total. The third-order valence-electron chi connectivity index (χ3n) is 3.91. The zero-order valence-electron chi connectivity index (χ0n) is 11.5. The maximum Gasteiger partial charge on any atom is 0.252 e. The van der Waals surface area contributed by atoms with Gasteiger partial charge in [0.1, 0.15) is 17.3 Å². The number of hydrogen-bond donors (Lipinski definition) is 1. The zero-order chi connectivity index (χ0) is 15.1. The van der Waals surface area contributed by atoms with Crippen molar-refractivity contribution >= 4 is 27.6 Å². The summed E-state index contributed by atoms with van der Waals surface area (Å²) in [6.07, 6.45) is 1.46. The lowest BCUT2D eigenvalue weighted by atomic mass is 9.97. The molecule has 0 bridgehead atoms. The number of amides is 3. The van der Waals surface area contributed by atoms with E-state index in [0.717, 1.165) is 4.90 Å². The van der Waals surface area contributed by atoms with Crippen molar-refractivity contribution in [2.75, 3.05) is 12.3 Å². The molecule has 2 fully saturated rings. The molecular weight excluding hydrogens is 284 g/mol. The van der Waals surface area contributed by atoms with Crippen molar-refractivity contribution in [3.63, 3.8) is 0 Å². The molecule has 7 nitrogen and oxygen atoms in total. The van der Waals surface area contributed by atoms with E-state index < -0.39 is 38.3 Å². The van der Waals surface area contributed by atoms with Gasteiger partial charge >= 0.3 is 0 Å². The monoisotopic (exact) mass is 302 g/mol. The summed E-state index contributed by atoms with van der Waals surface area (Å²) in [5.74, 6) is -1.83. The maximum atomic E-state index is 12.5. The van der Waals surface area contributed by atoms with E-state index in [9.17, 15) is 22.8 Å². The summed E-state index contributed by atoms with van der Waals surface area (Å²) < 4.78 is 24.0. The van der Waals surface area contributed by atoms with Crippen LogP contribution in [-0.4, -0.2) is 54.1 Å². The maximum absolute atomic E-state index is 12.5. The molecule has 2 aliphatic rings. The van der Waals surface area contributed by atoms with E-state index in [-0.39, 0.29) is 18.7 Å². The Hall–Kier alpha value is -1.44. The molecule has 8 heteroatoms. The predicted octanol–water partition coefficient (Wildman–Crippen LogP) is -0.783. The number of piperazine rings is 1. The largest absolute Gasteiger partial charge is 0.318 e. The third-order valence-corrected chi connectivity index (χ3v) is 6.07. The molecule has 2 rings (SSSR count). The van der Waals surface area contributed by atoms with Crippen LogP contribution in [-0.2, 0) is 24.2 Å². The molecule has 0 aromatic rings. The Morgan fingerprint density at radius 1 is 1.30 bits per heavy atom. The molecule has 0 aromatic heterocycles. The second-order valence-corrected chi connectivity index (χ2v) is 8.02. The number of hydrogen-bond acceptors (Lipinski definition) is 5. The molecule has 1 unspecified atom stereocenters. The van der Waals surface area contributed by atoms with Crippen LogP contribution >= 0.6 is 0 Å². The zero-order valence-corrected chi connectivity index (χ0v) is 12.3. The first kappa shape index (κ1) is 15.0. The normalized spacial score (nSPS) is 28.9. The highest BCUT2D eigenvalue weighted by Gasteiger charge is 2.48. The van der Waals surface area contributed by atoms with Gasteiger partial charge in [-0.2, -0.15) is 0 Å². The van der Waals surface area contributed by atoms with E-state index in [0.29, 0.717) is 12.8 Å². The standard InChI is InChI=1S/C12H18N2O5S/c1-12(2)11(17)13-9(15)7-14(12)10(16)8-5-3-4-6-20(8,18)19/h8H,3-7H2,1-2H3,(H,13,15,17). The molecule has 20 heavy (non-hydrogen) atoms. The van der Waals surface area contributed by atoms with Gasteiger partial charge in [0, 0.05) is 0 Å². The van der Waals surface area contributed by atoms with Gasteiger partial charge in [-0.1, -0.05) is 6.42 Å². The molecule has 0 spiro atoms. The first-order chi connectivity index (χ1) is 9.16. The van der Waals surface area contributed by atoms with Crippen LogP contribution in [0.2, 0.25) is 0 Å². The highest BCUT2D eigenvalue weighted by atomic mass is 32.2. The van der Waals surface area contributed by atoms with E-state index in [4.69, 9.17) is 0 Å². The minimum atomic E-state index is -3.49. The summed E-state index contributed by atoms with van der Waals surface area (Å²) >= 11 is 0. The number of carbonyl (C=O) groups is 3. The topological polar surface area (TPSA) is 101 Å². The molecule has 1 atom stereocenters. The average molecular weight is 302 g/mol. The van der Waals surface area contributed by atoms with Gasteiger partial charge in [0.05, 0.1) is 5.75 Å². The molecule has 0 radical (unpaired) electrons. The van der Waals surface area contributed by atoms with Gasteiger partial charge < -0.3 is 4.90 Å². The quantitative estimate of drug-likeness (QED) is 0.640. The number of imide groups is 1. The van der Waals surface area contributed by atoms with E-state index in [2.05, 4.69) is 5.32 Å². The molecule has 2 aliphatic heterocycles. The van der Waals surface area contributed by atoms with Crippen LogP contribution in [0.5, 0.6) is 0 Å². The minimum Gasteiger partial charge on any atom is -0.318 e. The Labute approximate surface area is 117 Å². The van der Waals surface area contributed by atoms with E-state index in [1.807, 2.05) is 0 Å². The average Bonchev–Trinajstić information content (AvgIpc) is 2.33. The van der Waals surface area contributed by atoms with Gasteiger partial charge in [-0.05, 0) is 26.7 Å². The van der Waals surface area contributed by atoms with E-state index >= 15 is 0 Å². The third kappa shape index (κ3) is 2.44. The smallest absolute Gasteiger partial charge is 0.252 e. The highest BCUT2D eigenvalue weighted by molar-refractivity contribution is 7.92. The van der Waals surface area contributed by atoms with Crippen LogP contribution in [0.1, 0.15) is 33.1 Å². The van der Waals surface area contributed by atoms with Crippen molar-refractivity contribution in [3.05, 3.63) is 0 Å². The second-order valence-electron chi connectivity index (χ2n) is 5.71. The van der Waals surface area contributed by atoms with Crippen molar-refractivity contribution in [2.24, 2.45) is 0 Å². The van der Waals surface area contributed by atoms with Crippen molar-refractivity contribution in [3.8, 4) is 0 Å². The molecule has 2 heterocycles. The number of sulfone groups is 1. The minimum absolute atomic E-state index is 0.0161. The van der Waals surface area contributed by atoms with Crippen LogP contribution in [0.15, 0.2) is 0 Å². The fourth-order valence-electron chi connectivity index (χ4n) is 2.54. The second kappa shape index (κ2) is 4.83. The molecular formula is C12H18N2O5S. The summed E-state index contributed by atoms with van der Waals surface area (Å²) in [7, 11) is -3.49. The van der Waals surface area contributed by atoms with Crippen molar-refractivity contribution < 1.29 is 22.8 Å². The van der Waals surface area contributed by atoms with Gasteiger partial charge in [0.15, 0.2) is 9.84 Å². The fourth-order valence-corrected chi connectivity index (χ4v) is 4.39. The molecule has 2 saturated heterocycles. The first-order valence-corrected chi connectivity index (χ1v) is 8.25. The number of rotatable bonds is 1. The summed E-state index contributed by atoms with van der Waals surface area (Å²) in [4.78, 5) is 36.8. The van der Waals surface area contributed by atoms with Gasteiger partial charge in [0.2, 0.25) is 11.8 Å². The summed E-state index contributed by atoms with van der Waals surface area (Å²) in [5.41, 5.74) is -1.22. The lowest BCUT2D eigenvalue weighted by Crippen LogP contribution is -2.67. The SMILES string of the molecule is CC1(C)C(=O)NC(=O)CN1C(=O)C1CCCCS1(=O)=O. The van der Waals surface area contributed by atoms with Crippen molar-refractivity contribution in [1.29, 1.82) is 0 Å². The summed E-state index contributed by atoms with van der Waals surface area (Å²) in [6, 6.07) is 0. The van der Waals surface area contributed by atoms with E-state index in [1.54, 1.807) is 0 Å². The number of nitrogens with one attached hydrogen (secondary N) is 1.